The quantitative estimate of drug-likeness (QED) is 0.530. The minimum Gasteiger partial charge on any atom is -0.491 e. The van der Waals surface area contributed by atoms with Crippen LogP contribution in [0.25, 0.3) is 11.1 Å². The molecule has 0 bridgehead atoms. The van der Waals surface area contributed by atoms with Gasteiger partial charge < -0.3 is 19.9 Å². The van der Waals surface area contributed by atoms with E-state index < -0.39 is 11.2 Å². The van der Waals surface area contributed by atoms with Gasteiger partial charge in [-0.1, -0.05) is 45.6 Å². The third kappa shape index (κ3) is 4.55. The zero-order valence-electron chi connectivity index (χ0n) is 18.5. The first-order valence-electron chi connectivity index (χ1n) is 11.1. The fraction of sp³-hybridized carbons (Fsp3) is 0.280. The van der Waals surface area contributed by atoms with Gasteiger partial charge in [0.1, 0.15) is 23.6 Å². The van der Waals surface area contributed by atoms with E-state index in [2.05, 4.69) is 19.5 Å². The summed E-state index contributed by atoms with van der Waals surface area (Å²) in [6, 6.07) is 15.3. The number of fused-ring (bicyclic) bond motifs is 1. The molecule has 3 heterocycles. The van der Waals surface area contributed by atoms with Gasteiger partial charge in [-0.2, -0.15) is 0 Å². The molecule has 2 amide bonds. The van der Waals surface area contributed by atoms with Crippen molar-refractivity contribution in [2.45, 2.75) is 18.4 Å². The largest absolute Gasteiger partial charge is 0.491 e. The number of halogens is 2. The number of aromatic nitrogens is 1. The highest BCUT2D eigenvalue weighted by Gasteiger charge is 2.36. The number of carbonyl (C=O) groups is 1. The van der Waals surface area contributed by atoms with E-state index in [0.717, 1.165) is 11.3 Å². The second-order valence-electron chi connectivity index (χ2n) is 8.55. The van der Waals surface area contributed by atoms with E-state index in [1.54, 1.807) is 40.3 Å². The van der Waals surface area contributed by atoms with Gasteiger partial charge in [-0.3, -0.25) is 0 Å². The number of para-hydroxylation sites is 1. The Balaban J connectivity index is 1.51. The molecule has 5 rings (SSSR count). The number of amides is 2. The van der Waals surface area contributed by atoms with Crippen molar-refractivity contribution >= 4 is 26.8 Å². The van der Waals surface area contributed by atoms with Crippen LogP contribution in [0.3, 0.4) is 0 Å². The molecule has 6 nitrogen and oxygen atoms in total. The third-order valence-electron chi connectivity index (χ3n) is 6.12. The zero-order chi connectivity index (χ0) is 23.7. The second kappa shape index (κ2) is 9.18. The summed E-state index contributed by atoms with van der Waals surface area (Å²) in [5.74, 6) is 0.755. The van der Waals surface area contributed by atoms with Gasteiger partial charge in [0.15, 0.2) is 5.82 Å². The SMILES string of the molecule is O=C(Nc1c(-c2ccccc2F)ccnc1N1CCC(F)(P)C1)N1CCOc2ccccc2C1. The minimum absolute atomic E-state index is 0.110. The number of carbonyl (C=O) groups excluding carboxylic acids is 1. The van der Waals surface area contributed by atoms with E-state index in [1.165, 1.54) is 6.07 Å². The molecule has 9 heteroatoms. The van der Waals surface area contributed by atoms with E-state index >= 15 is 0 Å². The van der Waals surface area contributed by atoms with Crippen LogP contribution < -0.4 is 15.0 Å². The van der Waals surface area contributed by atoms with Gasteiger partial charge in [-0.25, -0.2) is 18.6 Å². The Hall–Kier alpha value is -3.25. The number of alkyl halides is 1. The van der Waals surface area contributed by atoms with E-state index in [4.69, 9.17) is 4.74 Å². The van der Waals surface area contributed by atoms with Crippen LogP contribution in [0, 0.1) is 5.82 Å². The monoisotopic (exact) mass is 482 g/mol. The van der Waals surface area contributed by atoms with E-state index in [1.807, 2.05) is 24.3 Å². The Bertz CT molecular complexity index is 1220. The molecule has 2 aromatic carbocycles. The predicted octanol–water partition coefficient (Wildman–Crippen LogP) is 5.07. The lowest BCUT2D eigenvalue weighted by Gasteiger charge is -2.26. The summed E-state index contributed by atoms with van der Waals surface area (Å²) in [4.78, 5) is 21.3. The van der Waals surface area contributed by atoms with Gasteiger partial charge in [0.25, 0.3) is 0 Å². The van der Waals surface area contributed by atoms with Crippen molar-refractivity contribution in [3.8, 4) is 16.9 Å². The van der Waals surface area contributed by atoms with Crippen LogP contribution in [0.5, 0.6) is 5.75 Å². The summed E-state index contributed by atoms with van der Waals surface area (Å²) in [6.45, 7) is 1.65. The van der Waals surface area contributed by atoms with Crippen molar-refractivity contribution in [1.82, 2.24) is 9.88 Å². The van der Waals surface area contributed by atoms with Crippen molar-refractivity contribution in [3.63, 3.8) is 0 Å². The van der Waals surface area contributed by atoms with Crippen LogP contribution in [-0.2, 0) is 6.54 Å². The number of pyridine rings is 1. The van der Waals surface area contributed by atoms with E-state index in [9.17, 15) is 13.6 Å². The number of urea groups is 1. The lowest BCUT2D eigenvalue weighted by atomic mass is 10.0. The van der Waals surface area contributed by atoms with Gasteiger partial charge in [0.2, 0.25) is 0 Å². The van der Waals surface area contributed by atoms with E-state index in [0.29, 0.717) is 55.3 Å². The number of ether oxygens (including phenoxy) is 1. The normalized spacial score (nSPS) is 19.9. The summed E-state index contributed by atoms with van der Waals surface area (Å²) in [5, 5.41) is 1.53. The number of benzene rings is 2. The summed E-state index contributed by atoms with van der Waals surface area (Å²) in [6.07, 6.45) is 1.88. The average Bonchev–Trinajstić information content (AvgIpc) is 3.05. The van der Waals surface area contributed by atoms with Gasteiger partial charge in [-0.05, 0) is 18.2 Å². The van der Waals surface area contributed by atoms with Crippen LogP contribution in [0.15, 0.2) is 60.8 Å². The Morgan fingerprint density at radius 2 is 1.88 bits per heavy atom. The van der Waals surface area contributed by atoms with Gasteiger partial charge in [0.05, 0.1) is 25.3 Å². The molecule has 0 spiro atoms. The predicted molar refractivity (Wildman–Crippen MR) is 131 cm³/mol. The fourth-order valence-electron chi connectivity index (χ4n) is 4.38. The molecule has 1 saturated heterocycles. The Kier molecular flexibility index (Phi) is 6.09. The summed E-state index contributed by atoms with van der Waals surface area (Å²) < 4.78 is 35.2. The highest BCUT2D eigenvalue weighted by atomic mass is 31.0. The molecule has 34 heavy (non-hydrogen) atoms. The Morgan fingerprint density at radius 1 is 1.09 bits per heavy atom. The minimum atomic E-state index is -1.44. The highest BCUT2D eigenvalue weighted by Crippen LogP contribution is 2.41. The number of hydrogen-bond acceptors (Lipinski definition) is 4. The van der Waals surface area contributed by atoms with Crippen LogP contribution in [0.2, 0.25) is 0 Å². The molecule has 176 valence electrons. The van der Waals surface area contributed by atoms with Gasteiger partial charge in [0, 0.05) is 35.9 Å². The first-order valence-corrected chi connectivity index (χ1v) is 11.7. The van der Waals surface area contributed by atoms with Gasteiger partial charge >= 0.3 is 6.03 Å². The molecule has 2 atom stereocenters. The molecule has 3 aromatic rings. The molecule has 2 aliphatic rings. The first-order chi connectivity index (χ1) is 16.4. The standard InChI is InChI=1S/C25H25F2N4O2P/c26-20-7-3-2-6-18(20)19-9-11-28-23(31-12-10-25(27,34)16-31)22(19)29-24(32)30-13-14-33-21-8-4-1-5-17(21)15-30/h1-9,11H,10,12-16,34H2,(H,29,32). The second-order valence-corrected chi connectivity index (χ2v) is 9.59. The highest BCUT2D eigenvalue weighted by molar-refractivity contribution is 7.18. The third-order valence-corrected chi connectivity index (χ3v) is 6.59. The van der Waals surface area contributed by atoms with Crippen LogP contribution in [-0.4, -0.2) is 47.6 Å². The Morgan fingerprint density at radius 3 is 2.68 bits per heavy atom. The maximum absolute atomic E-state index is 14.8. The maximum atomic E-state index is 14.8. The maximum Gasteiger partial charge on any atom is 0.322 e. The topological polar surface area (TPSA) is 57.7 Å². The summed E-state index contributed by atoms with van der Waals surface area (Å²) in [7, 11) is 2.25. The van der Waals surface area contributed by atoms with Crippen molar-refractivity contribution in [3.05, 3.63) is 72.2 Å². The molecule has 0 saturated carbocycles. The molecular formula is C25H25F2N4O2P. The molecular weight excluding hydrogens is 457 g/mol. The van der Waals surface area contributed by atoms with Crippen molar-refractivity contribution < 1.29 is 18.3 Å². The van der Waals surface area contributed by atoms with Crippen LogP contribution in [0.1, 0.15) is 12.0 Å². The van der Waals surface area contributed by atoms with Crippen molar-refractivity contribution in [1.29, 1.82) is 0 Å². The number of nitrogens with zero attached hydrogens (tertiary/aromatic N) is 3. The van der Waals surface area contributed by atoms with Crippen molar-refractivity contribution in [2.24, 2.45) is 0 Å². The lowest BCUT2D eigenvalue weighted by molar-refractivity contribution is 0.200. The summed E-state index contributed by atoms with van der Waals surface area (Å²) >= 11 is 0. The van der Waals surface area contributed by atoms with Crippen LogP contribution >= 0.6 is 9.24 Å². The Labute approximate surface area is 199 Å². The molecule has 2 unspecified atom stereocenters. The number of anilines is 2. The molecule has 0 aliphatic carbocycles. The van der Waals surface area contributed by atoms with Gasteiger partial charge in [-0.15, -0.1) is 0 Å². The zero-order valence-corrected chi connectivity index (χ0v) is 19.7. The molecule has 1 aromatic heterocycles. The first kappa shape index (κ1) is 22.5. The number of rotatable bonds is 3. The van der Waals surface area contributed by atoms with E-state index in [-0.39, 0.29) is 12.6 Å². The molecule has 0 radical (unpaired) electrons. The fourth-order valence-corrected chi connectivity index (χ4v) is 4.73. The number of nitrogens with one attached hydrogen (secondary N) is 1. The molecule has 2 aliphatic heterocycles. The lowest BCUT2D eigenvalue weighted by Crippen LogP contribution is -2.37. The molecule has 1 fully saturated rings. The average molecular weight is 482 g/mol. The number of hydrogen-bond donors (Lipinski definition) is 1. The van der Waals surface area contributed by atoms with Crippen LogP contribution in [0.4, 0.5) is 25.1 Å². The smallest absolute Gasteiger partial charge is 0.322 e. The van der Waals surface area contributed by atoms with Crippen molar-refractivity contribution in [2.75, 3.05) is 36.5 Å². The summed E-state index contributed by atoms with van der Waals surface area (Å²) in [5.41, 5.74) is 2.09. The molecule has 1 N–H and O–H groups in total.